The Bertz CT molecular complexity index is 746. The van der Waals surface area contributed by atoms with Crippen molar-refractivity contribution in [1.82, 2.24) is 0 Å². The van der Waals surface area contributed by atoms with Gasteiger partial charge >= 0.3 is 12.1 Å². The molecule has 0 radical (unpaired) electrons. The second-order valence-corrected chi connectivity index (χ2v) is 6.00. The topological polar surface area (TPSA) is 69.9 Å². The third kappa shape index (κ3) is 3.78. The zero-order chi connectivity index (χ0) is 19.9. The molecule has 2 aliphatic carbocycles. The van der Waals surface area contributed by atoms with E-state index in [1.807, 2.05) is 0 Å². The highest BCUT2D eigenvalue weighted by Gasteiger charge is 2.57. The van der Waals surface area contributed by atoms with Crippen molar-refractivity contribution in [3.8, 4) is 0 Å². The first-order valence-corrected chi connectivity index (χ1v) is 7.68. The van der Waals surface area contributed by atoms with E-state index in [1.165, 1.54) is 6.92 Å². The molecule has 4 nitrogen and oxygen atoms in total. The Morgan fingerprint density at radius 2 is 1.88 bits per heavy atom. The van der Waals surface area contributed by atoms with Crippen LogP contribution in [0.2, 0.25) is 0 Å². The van der Waals surface area contributed by atoms with Crippen LogP contribution >= 0.6 is 0 Å². The highest BCUT2D eigenvalue weighted by Crippen LogP contribution is 2.47. The SMILES string of the molecule is CCC(=NC1CC1)C(C(=O)O)=C(O)C1=C(F)CC(F)(C(F)(F)F)C=C1F. The van der Waals surface area contributed by atoms with Gasteiger partial charge in [-0.1, -0.05) is 6.92 Å². The molecule has 2 N–H and O–H groups in total. The summed E-state index contributed by atoms with van der Waals surface area (Å²) in [6.07, 6.45) is -6.64. The van der Waals surface area contributed by atoms with E-state index >= 15 is 0 Å². The minimum absolute atomic E-state index is 0.00196. The van der Waals surface area contributed by atoms with E-state index in [-0.39, 0.29) is 18.2 Å². The van der Waals surface area contributed by atoms with Gasteiger partial charge in [0.05, 0.1) is 17.3 Å². The molecule has 26 heavy (non-hydrogen) atoms. The summed E-state index contributed by atoms with van der Waals surface area (Å²) in [5, 5.41) is 19.4. The Hall–Kier alpha value is -2.26. The van der Waals surface area contributed by atoms with Crippen molar-refractivity contribution in [3.05, 3.63) is 34.6 Å². The molecular formula is C16H15F6NO3. The van der Waals surface area contributed by atoms with Crippen molar-refractivity contribution < 1.29 is 41.4 Å². The molecule has 0 spiro atoms. The maximum Gasteiger partial charge on any atom is 0.426 e. The summed E-state index contributed by atoms with van der Waals surface area (Å²) in [7, 11) is 0. The number of allylic oxidation sites excluding steroid dienone is 3. The van der Waals surface area contributed by atoms with Gasteiger partial charge in [-0.2, -0.15) is 13.2 Å². The lowest BCUT2D eigenvalue weighted by Gasteiger charge is -2.28. The maximum absolute atomic E-state index is 14.1. The molecule has 0 amide bonds. The monoisotopic (exact) mass is 383 g/mol. The fourth-order valence-corrected chi connectivity index (χ4v) is 2.43. The van der Waals surface area contributed by atoms with Crippen LogP contribution in [0.15, 0.2) is 39.6 Å². The lowest BCUT2D eigenvalue weighted by Crippen LogP contribution is -2.41. The lowest BCUT2D eigenvalue weighted by atomic mass is 9.89. The third-order valence-corrected chi connectivity index (χ3v) is 3.95. The van der Waals surface area contributed by atoms with Crippen LogP contribution in [-0.4, -0.2) is 39.8 Å². The molecule has 0 heterocycles. The minimum atomic E-state index is -5.58. The molecule has 0 saturated heterocycles. The first-order valence-electron chi connectivity index (χ1n) is 7.68. The average Bonchev–Trinajstić information content (AvgIpc) is 3.27. The number of carboxylic acids is 1. The van der Waals surface area contributed by atoms with Crippen LogP contribution in [0.1, 0.15) is 32.6 Å². The highest BCUT2D eigenvalue weighted by atomic mass is 19.4. The molecule has 0 bridgehead atoms. The number of halogens is 6. The van der Waals surface area contributed by atoms with Crippen molar-refractivity contribution >= 4 is 11.7 Å². The van der Waals surface area contributed by atoms with E-state index < -0.39 is 58.9 Å². The summed E-state index contributed by atoms with van der Waals surface area (Å²) in [4.78, 5) is 15.5. The number of hydrogen-bond donors (Lipinski definition) is 2. The number of aliphatic hydroxyl groups is 1. The number of carbonyl (C=O) groups is 1. The molecule has 0 aromatic heterocycles. The lowest BCUT2D eigenvalue weighted by molar-refractivity contribution is -0.213. The van der Waals surface area contributed by atoms with Crippen LogP contribution in [0, 0.1) is 0 Å². The number of alkyl halides is 4. The molecule has 1 unspecified atom stereocenters. The average molecular weight is 383 g/mol. The molecule has 1 atom stereocenters. The quantitative estimate of drug-likeness (QED) is 0.314. The maximum atomic E-state index is 14.1. The molecule has 2 aliphatic rings. The van der Waals surface area contributed by atoms with Crippen LogP contribution in [0.25, 0.3) is 0 Å². The number of hydrogen-bond acceptors (Lipinski definition) is 3. The second-order valence-electron chi connectivity index (χ2n) is 6.00. The minimum Gasteiger partial charge on any atom is -0.506 e. The van der Waals surface area contributed by atoms with E-state index in [9.17, 15) is 41.4 Å². The zero-order valence-electron chi connectivity index (χ0n) is 13.5. The van der Waals surface area contributed by atoms with Gasteiger partial charge in [0.25, 0.3) is 0 Å². The normalized spacial score (nSPS) is 25.8. The van der Waals surface area contributed by atoms with Gasteiger partial charge in [0.1, 0.15) is 23.0 Å². The Balaban J connectivity index is 2.57. The molecular weight excluding hydrogens is 368 g/mol. The van der Waals surface area contributed by atoms with E-state index in [2.05, 4.69) is 4.99 Å². The summed E-state index contributed by atoms with van der Waals surface area (Å²) in [6.45, 7) is 1.49. The van der Waals surface area contributed by atoms with Crippen molar-refractivity contribution in [2.75, 3.05) is 0 Å². The summed E-state index contributed by atoms with van der Waals surface area (Å²) >= 11 is 0. The van der Waals surface area contributed by atoms with Crippen molar-refractivity contribution in [2.45, 2.75) is 50.5 Å². The Morgan fingerprint density at radius 1 is 1.31 bits per heavy atom. The van der Waals surface area contributed by atoms with Gasteiger partial charge in [-0.3, -0.25) is 4.99 Å². The molecule has 1 saturated carbocycles. The first kappa shape index (κ1) is 20.1. The van der Waals surface area contributed by atoms with Gasteiger partial charge < -0.3 is 10.2 Å². The number of nitrogens with zero attached hydrogens (tertiary/aromatic N) is 1. The predicted octanol–water partition coefficient (Wildman–Crippen LogP) is 4.65. The van der Waals surface area contributed by atoms with Crippen molar-refractivity contribution in [3.63, 3.8) is 0 Å². The van der Waals surface area contributed by atoms with E-state index in [4.69, 9.17) is 0 Å². The summed E-state index contributed by atoms with van der Waals surface area (Å²) in [5.41, 5.74) is -6.77. The van der Waals surface area contributed by atoms with Crippen LogP contribution in [-0.2, 0) is 4.79 Å². The number of aliphatic imine (C=N–C) groups is 1. The molecule has 0 aromatic carbocycles. The van der Waals surface area contributed by atoms with E-state index in [0.29, 0.717) is 12.8 Å². The van der Waals surface area contributed by atoms with Crippen LogP contribution in [0.5, 0.6) is 0 Å². The van der Waals surface area contributed by atoms with Crippen LogP contribution < -0.4 is 0 Å². The summed E-state index contributed by atoms with van der Waals surface area (Å²) in [5.74, 6) is -7.16. The van der Waals surface area contributed by atoms with Gasteiger partial charge in [-0.05, 0) is 25.3 Å². The largest absolute Gasteiger partial charge is 0.506 e. The number of aliphatic carboxylic acids is 1. The third-order valence-electron chi connectivity index (χ3n) is 3.95. The molecule has 0 aromatic rings. The number of rotatable bonds is 5. The Labute approximate surface area is 144 Å². The highest BCUT2D eigenvalue weighted by molar-refractivity contribution is 6.20. The molecule has 1 fully saturated rings. The van der Waals surface area contributed by atoms with Gasteiger partial charge in [0.15, 0.2) is 0 Å². The van der Waals surface area contributed by atoms with Gasteiger partial charge in [0.2, 0.25) is 5.67 Å². The van der Waals surface area contributed by atoms with Crippen LogP contribution in [0.4, 0.5) is 26.3 Å². The molecule has 2 rings (SSSR count). The second kappa shape index (κ2) is 6.81. The fourth-order valence-electron chi connectivity index (χ4n) is 2.43. The zero-order valence-corrected chi connectivity index (χ0v) is 13.5. The molecule has 0 aliphatic heterocycles. The first-order chi connectivity index (χ1) is 11.9. The van der Waals surface area contributed by atoms with Crippen LogP contribution in [0.3, 0.4) is 0 Å². The van der Waals surface area contributed by atoms with Crippen molar-refractivity contribution in [1.29, 1.82) is 0 Å². The Morgan fingerprint density at radius 3 is 2.27 bits per heavy atom. The predicted molar refractivity (Wildman–Crippen MR) is 79.9 cm³/mol. The van der Waals surface area contributed by atoms with Gasteiger partial charge in [0, 0.05) is 6.42 Å². The van der Waals surface area contributed by atoms with Crippen molar-refractivity contribution in [2.24, 2.45) is 4.99 Å². The van der Waals surface area contributed by atoms with E-state index in [0.717, 1.165) is 0 Å². The standard InChI is InChI=1S/C16H15F6NO3/c1-2-10(23-7-3-4-7)12(14(25)26)13(24)11-8(17)5-15(19,6-9(11)18)16(20,21)22/h5,7,24H,2-4,6H2,1H3,(H,25,26). The number of carboxylic acid groups (broad SMARTS) is 1. The summed E-state index contributed by atoms with van der Waals surface area (Å²) in [6, 6.07) is -0.179. The number of aliphatic hydroxyl groups excluding tert-OH is 1. The molecule has 144 valence electrons. The van der Waals surface area contributed by atoms with Gasteiger partial charge in [-0.25, -0.2) is 18.0 Å². The molecule has 10 heteroatoms. The van der Waals surface area contributed by atoms with Gasteiger partial charge in [-0.15, -0.1) is 0 Å². The van der Waals surface area contributed by atoms with E-state index in [1.54, 1.807) is 0 Å². The fraction of sp³-hybridized carbons (Fsp3) is 0.500. The summed E-state index contributed by atoms with van der Waals surface area (Å²) < 4.78 is 79.9. The smallest absolute Gasteiger partial charge is 0.426 e. The Kier molecular flexibility index (Phi) is 5.25.